The molecule has 2 aromatic heterocycles. The molecule has 1 unspecified atom stereocenters. The molecule has 1 fully saturated rings. The number of alkyl halides is 1. The fourth-order valence-corrected chi connectivity index (χ4v) is 4.70. The van der Waals surface area contributed by atoms with Crippen molar-refractivity contribution in [3.63, 3.8) is 0 Å². The van der Waals surface area contributed by atoms with Gasteiger partial charge in [-0.1, -0.05) is 18.2 Å². The van der Waals surface area contributed by atoms with E-state index in [2.05, 4.69) is 33.3 Å². The topological polar surface area (TPSA) is 53.9 Å². The number of benzene rings is 1. The van der Waals surface area contributed by atoms with Gasteiger partial charge in [-0.05, 0) is 71.7 Å². The van der Waals surface area contributed by atoms with Gasteiger partial charge in [-0.25, -0.2) is 23.7 Å². The van der Waals surface area contributed by atoms with E-state index in [4.69, 9.17) is 4.98 Å². The van der Waals surface area contributed by atoms with Gasteiger partial charge >= 0.3 is 0 Å². The van der Waals surface area contributed by atoms with E-state index in [-0.39, 0.29) is 5.56 Å². The Morgan fingerprint density at radius 2 is 1.88 bits per heavy atom. The number of anilines is 1. The molecule has 0 spiro atoms. The summed E-state index contributed by atoms with van der Waals surface area (Å²) in [5.41, 5.74) is 3.31. The zero-order valence-corrected chi connectivity index (χ0v) is 19.4. The predicted octanol–water partition coefficient (Wildman–Crippen LogP) is 5.79. The molecule has 1 aliphatic heterocycles. The molecule has 0 radical (unpaired) electrons. The maximum atomic E-state index is 14.9. The molecule has 4 rings (SSSR count). The molecule has 1 aromatic carbocycles. The lowest BCUT2D eigenvalue weighted by Gasteiger charge is -2.30. The number of aryl methyl sites for hydroxylation is 2. The molecule has 32 heavy (non-hydrogen) atoms. The van der Waals surface area contributed by atoms with Crippen LogP contribution in [-0.4, -0.2) is 40.0 Å². The first-order valence-corrected chi connectivity index (χ1v) is 11.3. The number of nitrogens with one attached hydrogen (secondary N) is 1. The van der Waals surface area contributed by atoms with Crippen molar-refractivity contribution < 1.29 is 8.78 Å². The van der Waals surface area contributed by atoms with Crippen molar-refractivity contribution in [3.05, 3.63) is 58.3 Å². The smallest absolute Gasteiger partial charge is 0.165 e. The highest BCUT2D eigenvalue weighted by molar-refractivity contribution is 5.87. The minimum atomic E-state index is -1.37. The fraction of sp³-hybridized carbons (Fsp3) is 0.480. The number of rotatable bonds is 5. The van der Waals surface area contributed by atoms with Crippen LogP contribution in [0.5, 0.6) is 0 Å². The van der Waals surface area contributed by atoms with Crippen LogP contribution < -0.4 is 5.32 Å². The summed E-state index contributed by atoms with van der Waals surface area (Å²) in [7, 11) is 2.15. The summed E-state index contributed by atoms with van der Waals surface area (Å²) < 4.78 is 28.8. The highest BCUT2D eigenvalue weighted by atomic mass is 19.1. The monoisotopic (exact) mass is 439 g/mol. The molecule has 7 heteroatoms. The maximum absolute atomic E-state index is 14.9. The number of nitrogens with zero attached hydrogens (tertiary/aromatic N) is 4. The average molecular weight is 440 g/mol. The van der Waals surface area contributed by atoms with E-state index in [9.17, 15) is 8.78 Å². The van der Waals surface area contributed by atoms with E-state index < -0.39 is 18.0 Å². The Kier molecular flexibility index (Phi) is 6.38. The largest absolute Gasteiger partial charge is 0.363 e. The van der Waals surface area contributed by atoms with Gasteiger partial charge in [-0.3, -0.25) is 0 Å². The molecular weight excluding hydrogens is 408 g/mol. The second kappa shape index (κ2) is 9.06. The molecule has 3 atom stereocenters. The van der Waals surface area contributed by atoms with Crippen molar-refractivity contribution in [3.8, 4) is 0 Å². The van der Waals surface area contributed by atoms with Gasteiger partial charge in [0.2, 0.25) is 0 Å². The molecule has 5 nitrogen and oxygen atoms in total. The van der Waals surface area contributed by atoms with E-state index in [1.807, 2.05) is 20.8 Å². The zero-order valence-electron chi connectivity index (χ0n) is 19.4. The van der Waals surface area contributed by atoms with E-state index in [1.54, 1.807) is 12.1 Å². The Balaban J connectivity index is 1.74. The summed E-state index contributed by atoms with van der Waals surface area (Å²) in [6.07, 6.45) is 0.921. The molecule has 0 amide bonds. The minimum absolute atomic E-state index is 0.0703. The van der Waals surface area contributed by atoms with Gasteiger partial charge in [0.1, 0.15) is 23.6 Å². The lowest BCUT2D eigenvalue weighted by molar-refractivity contribution is 0.250. The molecule has 1 saturated heterocycles. The second-order valence-corrected chi connectivity index (χ2v) is 8.99. The zero-order chi connectivity index (χ0) is 23.0. The lowest BCUT2D eigenvalue weighted by atomic mass is 9.89. The minimum Gasteiger partial charge on any atom is -0.363 e. The highest BCUT2D eigenvalue weighted by Gasteiger charge is 2.23. The van der Waals surface area contributed by atoms with Gasteiger partial charge < -0.3 is 10.2 Å². The SMILES string of the molecule is Cc1nc(N[C@H](C)c2cccc(C(C)F)c2F)c2cc([C@H]3CCCN(C)C3)c(C)nc2n1. The fourth-order valence-electron chi connectivity index (χ4n) is 4.70. The molecule has 3 heterocycles. The van der Waals surface area contributed by atoms with Crippen LogP contribution in [0.3, 0.4) is 0 Å². The van der Waals surface area contributed by atoms with Crippen LogP contribution in [-0.2, 0) is 0 Å². The number of hydrogen-bond acceptors (Lipinski definition) is 5. The maximum Gasteiger partial charge on any atom is 0.165 e. The quantitative estimate of drug-likeness (QED) is 0.545. The van der Waals surface area contributed by atoms with Gasteiger partial charge in [0.05, 0.1) is 11.4 Å². The number of fused-ring (bicyclic) bond motifs is 1. The lowest BCUT2D eigenvalue weighted by Crippen LogP contribution is -2.31. The average Bonchev–Trinajstić information content (AvgIpc) is 2.73. The first kappa shape index (κ1) is 22.5. The summed E-state index contributed by atoms with van der Waals surface area (Å²) in [4.78, 5) is 16.3. The highest BCUT2D eigenvalue weighted by Crippen LogP contribution is 2.33. The summed E-state index contributed by atoms with van der Waals surface area (Å²) >= 11 is 0. The van der Waals surface area contributed by atoms with Crippen LogP contribution >= 0.6 is 0 Å². The normalized spacial score (nSPS) is 19.2. The van der Waals surface area contributed by atoms with Crippen molar-refractivity contribution in [2.75, 3.05) is 25.5 Å². The molecule has 170 valence electrons. The van der Waals surface area contributed by atoms with Gasteiger partial charge in [0.15, 0.2) is 5.65 Å². The Bertz CT molecular complexity index is 1130. The van der Waals surface area contributed by atoms with Crippen LogP contribution in [0.2, 0.25) is 0 Å². The summed E-state index contributed by atoms with van der Waals surface area (Å²) in [6, 6.07) is 6.60. The van der Waals surface area contributed by atoms with Crippen molar-refractivity contribution >= 4 is 16.9 Å². The molecule has 0 saturated carbocycles. The predicted molar refractivity (Wildman–Crippen MR) is 124 cm³/mol. The Morgan fingerprint density at radius 3 is 2.59 bits per heavy atom. The Hall–Kier alpha value is -2.67. The van der Waals surface area contributed by atoms with Crippen LogP contribution in [0.1, 0.15) is 73.0 Å². The first-order valence-electron chi connectivity index (χ1n) is 11.3. The van der Waals surface area contributed by atoms with E-state index in [1.165, 1.54) is 18.6 Å². The first-order chi connectivity index (χ1) is 15.2. The van der Waals surface area contributed by atoms with Crippen molar-refractivity contribution in [1.82, 2.24) is 19.9 Å². The number of likely N-dealkylation sites (N-methyl/N-ethyl adjacent to an activating group) is 1. The Morgan fingerprint density at radius 1 is 1.12 bits per heavy atom. The third-order valence-electron chi connectivity index (χ3n) is 6.40. The van der Waals surface area contributed by atoms with E-state index >= 15 is 0 Å². The molecule has 0 bridgehead atoms. The number of likely N-dealkylation sites (tertiary alicyclic amines) is 1. The molecule has 1 aliphatic rings. The van der Waals surface area contributed by atoms with Gasteiger partial charge in [-0.15, -0.1) is 0 Å². The van der Waals surface area contributed by atoms with Crippen LogP contribution in [0, 0.1) is 19.7 Å². The number of piperidine rings is 1. The van der Waals surface area contributed by atoms with Crippen LogP contribution in [0.15, 0.2) is 24.3 Å². The summed E-state index contributed by atoms with van der Waals surface area (Å²) in [5, 5.41) is 4.17. The molecule has 1 N–H and O–H groups in total. The number of halogens is 2. The van der Waals surface area contributed by atoms with Gasteiger partial charge in [0.25, 0.3) is 0 Å². The molecule has 0 aliphatic carbocycles. The third-order valence-corrected chi connectivity index (χ3v) is 6.40. The van der Waals surface area contributed by atoms with Gasteiger partial charge in [0, 0.05) is 23.4 Å². The molecule has 3 aromatic rings. The Labute approximate surface area is 188 Å². The third kappa shape index (κ3) is 4.44. The van der Waals surface area contributed by atoms with Crippen molar-refractivity contribution in [2.45, 2.75) is 58.7 Å². The number of hydrogen-bond donors (Lipinski definition) is 1. The second-order valence-electron chi connectivity index (χ2n) is 8.99. The standard InChI is InChI=1S/C25H31F2N5/c1-14(26)19-9-6-10-20(23(19)27)15(2)28-24-22-12-21(18-8-7-11-32(5)13-18)16(3)29-25(22)31-17(4)30-24/h6,9-10,12,14-15,18H,7-8,11,13H2,1-5H3,(H,28,29,30,31)/t14?,15-,18+/m1/s1. The summed E-state index contributed by atoms with van der Waals surface area (Å²) in [6.45, 7) is 9.18. The summed E-state index contributed by atoms with van der Waals surface area (Å²) in [5.74, 6) is 1.11. The van der Waals surface area contributed by atoms with E-state index in [0.717, 1.165) is 37.0 Å². The van der Waals surface area contributed by atoms with Crippen LogP contribution in [0.4, 0.5) is 14.6 Å². The molecular formula is C25H31F2N5. The number of aromatic nitrogens is 3. The van der Waals surface area contributed by atoms with Crippen molar-refractivity contribution in [1.29, 1.82) is 0 Å². The van der Waals surface area contributed by atoms with Gasteiger partial charge in [-0.2, -0.15) is 0 Å². The van der Waals surface area contributed by atoms with Crippen molar-refractivity contribution in [2.24, 2.45) is 0 Å². The van der Waals surface area contributed by atoms with Crippen LogP contribution in [0.25, 0.3) is 11.0 Å². The van der Waals surface area contributed by atoms with E-state index in [0.29, 0.717) is 28.8 Å². The number of pyridine rings is 1.